The molecule has 0 aromatic heterocycles. The lowest BCUT2D eigenvalue weighted by atomic mass is 10.0. The van der Waals surface area contributed by atoms with Gasteiger partial charge < -0.3 is 0 Å². The standard InChI is InChI=1S/C24H36N4P2/c1-25(2)29(26(3)4)19-23(21-15-11-9-12-16-21)24(22-17-13-10-14-18-22)30(20-29,27(5)6)28(7)8/h9-20H,1-8H3. The highest BCUT2D eigenvalue weighted by molar-refractivity contribution is 8.02. The van der Waals surface area contributed by atoms with Crippen molar-refractivity contribution in [2.24, 2.45) is 0 Å². The van der Waals surface area contributed by atoms with Gasteiger partial charge in [-0.15, -0.1) is 0 Å². The van der Waals surface area contributed by atoms with Crippen LogP contribution in [0.25, 0.3) is 10.9 Å². The molecule has 0 bridgehead atoms. The lowest BCUT2D eigenvalue weighted by Crippen LogP contribution is -2.31. The van der Waals surface area contributed by atoms with Crippen LogP contribution in [-0.4, -0.2) is 86.4 Å². The van der Waals surface area contributed by atoms with Gasteiger partial charge in [0.2, 0.25) is 0 Å². The van der Waals surface area contributed by atoms with Crippen molar-refractivity contribution < 1.29 is 0 Å². The Kier molecular flexibility index (Phi) is 6.99. The Balaban J connectivity index is 2.61. The van der Waals surface area contributed by atoms with Gasteiger partial charge in [0.05, 0.1) is 0 Å². The fourth-order valence-corrected chi connectivity index (χ4v) is 14.7. The maximum Gasteiger partial charge on any atom is 0.0474 e. The molecule has 0 spiro atoms. The van der Waals surface area contributed by atoms with Crippen LogP contribution in [0, 0.1) is 0 Å². The van der Waals surface area contributed by atoms with Crippen molar-refractivity contribution in [2.45, 2.75) is 0 Å². The van der Waals surface area contributed by atoms with Crippen molar-refractivity contribution in [2.75, 3.05) is 56.4 Å². The SMILES string of the molecule is CN(C)P1(N(C)C)=CC(c2ccccc2)=C(c2ccccc2)P(N(C)C)(N(C)C)=C1. The van der Waals surface area contributed by atoms with Crippen LogP contribution in [-0.2, 0) is 0 Å². The molecule has 30 heavy (non-hydrogen) atoms. The highest BCUT2D eigenvalue weighted by Gasteiger charge is 2.39. The van der Waals surface area contributed by atoms with Crippen LogP contribution in [0.5, 0.6) is 0 Å². The van der Waals surface area contributed by atoms with Gasteiger partial charge in [0.1, 0.15) is 0 Å². The second-order valence-corrected chi connectivity index (χ2v) is 16.0. The van der Waals surface area contributed by atoms with Crippen LogP contribution in [0.3, 0.4) is 0 Å². The zero-order chi connectivity index (χ0) is 22.1. The van der Waals surface area contributed by atoms with E-state index in [-0.39, 0.29) is 0 Å². The van der Waals surface area contributed by atoms with E-state index in [0.29, 0.717) is 0 Å². The normalized spacial score (nSPS) is 18.1. The molecule has 0 radical (unpaired) electrons. The molecule has 162 valence electrons. The van der Waals surface area contributed by atoms with E-state index in [0.717, 1.165) is 0 Å². The zero-order valence-corrected chi connectivity index (χ0v) is 21.4. The van der Waals surface area contributed by atoms with Gasteiger partial charge in [0.15, 0.2) is 0 Å². The Hall–Kier alpha value is -1.38. The number of hydrogen-bond acceptors (Lipinski definition) is 4. The fourth-order valence-electron chi connectivity index (χ4n) is 4.29. The number of nitrogens with zero attached hydrogens (tertiary/aromatic N) is 4. The molecule has 0 aliphatic carbocycles. The van der Waals surface area contributed by atoms with Crippen molar-refractivity contribution in [1.29, 1.82) is 0 Å². The van der Waals surface area contributed by atoms with E-state index in [9.17, 15) is 0 Å². The second kappa shape index (κ2) is 9.01. The maximum atomic E-state index is 2.69. The van der Waals surface area contributed by atoms with E-state index in [1.165, 1.54) is 22.0 Å². The van der Waals surface area contributed by atoms with Crippen LogP contribution in [0.4, 0.5) is 0 Å². The molecule has 2 aromatic carbocycles. The monoisotopic (exact) mass is 442 g/mol. The maximum absolute atomic E-state index is 2.69. The molecule has 0 atom stereocenters. The minimum atomic E-state index is -1.96. The Morgan fingerprint density at radius 3 is 1.37 bits per heavy atom. The van der Waals surface area contributed by atoms with Gasteiger partial charge in [-0.05, 0) is 84.4 Å². The topological polar surface area (TPSA) is 13.0 Å². The quantitative estimate of drug-likeness (QED) is 0.579. The van der Waals surface area contributed by atoms with Gasteiger partial charge in [-0.25, -0.2) is 0 Å². The van der Waals surface area contributed by atoms with Gasteiger partial charge in [0, 0.05) is 19.7 Å². The van der Waals surface area contributed by atoms with Gasteiger partial charge in [-0.3, -0.25) is 18.7 Å². The number of benzene rings is 2. The van der Waals surface area contributed by atoms with E-state index in [1.807, 2.05) is 0 Å². The van der Waals surface area contributed by atoms with Crippen molar-refractivity contribution in [3.63, 3.8) is 0 Å². The number of rotatable bonds is 6. The summed E-state index contributed by atoms with van der Waals surface area (Å²) in [5.41, 5.74) is 6.63. The molecule has 4 nitrogen and oxygen atoms in total. The molecule has 6 heteroatoms. The minimum absolute atomic E-state index is 1.28. The van der Waals surface area contributed by atoms with Crippen LogP contribution in [0.1, 0.15) is 11.1 Å². The smallest absolute Gasteiger partial charge is 0.0474 e. The van der Waals surface area contributed by atoms with E-state index < -0.39 is 14.4 Å². The first-order valence-corrected chi connectivity index (χ1v) is 13.8. The molecule has 1 aliphatic heterocycles. The first kappa shape index (κ1) is 23.3. The highest BCUT2D eigenvalue weighted by Crippen LogP contribution is 2.72. The Morgan fingerprint density at radius 1 is 0.533 bits per heavy atom. The molecule has 0 saturated carbocycles. The molecule has 0 saturated heterocycles. The van der Waals surface area contributed by atoms with Crippen molar-refractivity contribution in [1.82, 2.24) is 18.7 Å². The molecular weight excluding hydrogens is 406 g/mol. The third-order valence-electron chi connectivity index (χ3n) is 5.87. The average molecular weight is 443 g/mol. The molecule has 0 N–H and O–H groups in total. The van der Waals surface area contributed by atoms with E-state index in [1.54, 1.807) is 0 Å². The fraction of sp³-hybridized carbons (Fsp3) is 0.333. The van der Waals surface area contributed by atoms with Gasteiger partial charge in [-0.2, -0.15) is 0 Å². The van der Waals surface area contributed by atoms with Crippen LogP contribution in [0.2, 0.25) is 0 Å². The number of allylic oxidation sites excluding steroid dienone is 1. The minimum Gasteiger partial charge on any atom is -0.275 e. The molecule has 3 rings (SSSR count). The third-order valence-corrected chi connectivity index (χ3v) is 15.3. The highest BCUT2D eigenvalue weighted by atomic mass is 31.2. The van der Waals surface area contributed by atoms with E-state index in [4.69, 9.17) is 0 Å². The Bertz CT molecular complexity index is 996. The molecule has 1 heterocycles. The summed E-state index contributed by atoms with van der Waals surface area (Å²) in [4.78, 5) is 0. The van der Waals surface area contributed by atoms with Crippen molar-refractivity contribution in [3.05, 3.63) is 71.8 Å². The van der Waals surface area contributed by atoms with Crippen LogP contribution in [0.15, 0.2) is 60.7 Å². The lowest BCUT2D eigenvalue weighted by molar-refractivity contribution is 0.576. The molecular formula is C24H36N4P2. The lowest BCUT2D eigenvalue weighted by Gasteiger charge is -2.49. The van der Waals surface area contributed by atoms with Gasteiger partial charge >= 0.3 is 0 Å². The summed E-state index contributed by atoms with van der Waals surface area (Å²) in [7, 11) is 14.0. The summed E-state index contributed by atoms with van der Waals surface area (Å²) in [5, 5.41) is 1.43. The van der Waals surface area contributed by atoms with Crippen LogP contribution >= 0.6 is 14.4 Å². The summed E-state index contributed by atoms with van der Waals surface area (Å²) >= 11 is 0. The molecule has 0 fully saturated rings. The Labute approximate surface area is 183 Å². The molecule has 2 aromatic rings. The van der Waals surface area contributed by atoms with E-state index >= 15 is 0 Å². The number of hydrogen-bond donors (Lipinski definition) is 0. The van der Waals surface area contributed by atoms with E-state index in [2.05, 4.69) is 147 Å². The predicted molar refractivity (Wildman–Crippen MR) is 140 cm³/mol. The summed E-state index contributed by atoms with van der Waals surface area (Å²) in [6.07, 6.45) is 0. The van der Waals surface area contributed by atoms with Crippen LogP contribution < -0.4 is 0 Å². The van der Waals surface area contributed by atoms with Gasteiger partial charge in [0.25, 0.3) is 0 Å². The summed E-state index contributed by atoms with van der Waals surface area (Å²) in [5.74, 6) is 2.55. The first-order chi connectivity index (χ1) is 14.2. The second-order valence-electron chi connectivity index (χ2n) is 8.48. The zero-order valence-electron chi connectivity index (χ0n) is 19.6. The summed E-state index contributed by atoms with van der Waals surface area (Å²) in [6, 6.07) is 21.8. The van der Waals surface area contributed by atoms with Crippen molar-refractivity contribution in [3.8, 4) is 0 Å². The average Bonchev–Trinajstić information content (AvgIpc) is 2.73. The summed E-state index contributed by atoms with van der Waals surface area (Å²) < 4.78 is 9.79. The first-order valence-electron chi connectivity index (χ1n) is 10.2. The molecule has 1 aliphatic rings. The van der Waals surface area contributed by atoms with Gasteiger partial charge in [-0.1, -0.05) is 60.7 Å². The molecule has 0 amide bonds. The predicted octanol–water partition coefficient (Wildman–Crippen LogP) is 5.07. The summed E-state index contributed by atoms with van der Waals surface area (Å²) in [6.45, 7) is 0. The third kappa shape index (κ3) is 3.82. The molecule has 0 unspecified atom stereocenters. The van der Waals surface area contributed by atoms with Crippen molar-refractivity contribution >= 4 is 36.6 Å². The largest absolute Gasteiger partial charge is 0.275 e. The Morgan fingerprint density at radius 2 is 0.967 bits per heavy atom.